The van der Waals surface area contributed by atoms with E-state index in [1.54, 1.807) is 35.4 Å². The summed E-state index contributed by atoms with van der Waals surface area (Å²) in [6.45, 7) is 6.53. The number of ether oxygens (including phenoxy) is 1. The van der Waals surface area contributed by atoms with Gasteiger partial charge < -0.3 is 9.64 Å². The molecule has 1 aliphatic heterocycles. The Kier molecular flexibility index (Phi) is 6.51. The fraction of sp³-hybridized carbons (Fsp3) is 0.417. The van der Waals surface area contributed by atoms with Gasteiger partial charge in [0.15, 0.2) is 0 Å². The van der Waals surface area contributed by atoms with Crippen molar-refractivity contribution < 1.29 is 14.3 Å². The van der Waals surface area contributed by atoms with E-state index in [1.165, 1.54) is 15.9 Å². The smallest absolute Gasteiger partial charge is 0.336 e. The van der Waals surface area contributed by atoms with Crippen LogP contribution in [0, 0.1) is 19.8 Å². The van der Waals surface area contributed by atoms with Crippen LogP contribution in [0.3, 0.4) is 0 Å². The number of aromatic nitrogens is 2. The number of aryl methyl sites for hydroxylation is 2. The maximum absolute atomic E-state index is 13.5. The average Bonchev–Trinajstić information content (AvgIpc) is 3.29. The first-order chi connectivity index (χ1) is 15.8. The first kappa shape index (κ1) is 23.0. The summed E-state index contributed by atoms with van der Waals surface area (Å²) in [6, 6.07) is 7.11. The predicted molar refractivity (Wildman–Crippen MR) is 127 cm³/mol. The number of thiophene rings is 1. The van der Waals surface area contributed by atoms with E-state index in [9.17, 15) is 19.2 Å². The molecule has 0 radical (unpaired) electrons. The highest BCUT2D eigenvalue weighted by Crippen LogP contribution is 2.20. The third-order valence-electron chi connectivity index (χ3n) is 6.19. The zero-order valence-electron chi connectivity index (χ0n) is 19.0. The minimum absolute atomic E-state index is 0.202. The molecule has 3 aromatic rings. The number of esters is 1. The van der Waals surface area contributed by atoms with Crippen molar-refractivity contribution in [1.82, 2.24) is 14.0 Å². The number of piperidine rings is 1. The number of carbonyl (C=O) groups excluding carboxylic acids is 2. The van der Waals surface area contributed by atoms with Crippen molar-refractivity contribution in [3.8, 4) is 5.69 Å². The second-order valence-corrected chi connectivity index (χ2v) is 9.26. The van der Waals surface area contributed by atoms with Crippen LogP contribution < -0.4 is 11.2 Å². The van der Waals surface area contributed by atoms with E-state index in [0.29, 0.717) is 41.9 Å². The van der Waals surface area contributed by atoms with Gasteiger partial charge in [-0.2, -0.15) is 0 Å². The third-order valence-corrected chi connectivity index (χ3v) is 7.08. The number of fused-ring (bicyclic) bond motifs is 1. The molecule has 0 bridgehead atoms. The molecular formula is C24H27N3O5S. The number of hydrogen-bond donors (Lipinski definition) is 0. The molecule has 33 heavy (non-hydrogen) atoms. The number of likely N-dealkylation sites (tertiary alicyclic amines) is 1. The monoisotopic (exact) mass is 469 g/mol. The molecule has 0 saturated carbocycles. The van der Waals surface area contributed by atoms with E-state index >= 15 is 0 Å². The van der Waals surface area contributed by atoms with Gasteiger partial charge in [0.1, 0.15) is 11.2 Å². The van der Waals surface area contributed by atoms with Crippen molar-refractivity contribution in [2.24, 2.45) is 5.92 Å². The van der Waals surface area contributed by atoms with Crippen molar-refractivity contribution in [1.29, 1.82) is 0 Å². The lowest BCUT2D eigenvalue weighted by Crippen LogP contribution is -2.46. The highest BCUT2D eigenvalue weighted by atomic mass is 32.1. The summed E-state index contributed by atoms with van der Waals surface area (Å²) >= 11 is 1.25. The first-order valence-corrected chi connectivity index (χ1v) is 11.9. The van der Waals surface area contributed by atoms with E-state index in [2.05, 4.69) is 0 Å². The topological polar surface area (TPSA) is 90.6 Å². The molecule has 2 aromatic heterocycles. The molecule has 4 rings (SSSR count). The van der Waals surface area contributed by atoms with Gasteiger partial charge in [-0.15, -0.1) is 11.3 Å². The molecule has 0 spiro atoms. The lowest BCUT2D eigenvalue weighted by Gasteiger charge is -2.31. The molecule has 1 aliphatic rings. The van der Waals surface area contributed by atoms with Crippen LogP contribution in [-0.4, -0.2) is 45.6 Å². The Bertz CT molecular complexity index is 1340. The Labute approximate surface area is 195 Å². The predicted octanol–water partition coefficient (Wildman–Crippen LogP) is 2.63. The lowest BCUT2D eigenvalue weighted by molar-refractivity contribution is -0.151. The van der Waals surface area contributed by atoms with Crippen molar-refractivity contribution in [3.05, 3.63) is 61.6 Å². The quantitative estimate of drug-likeness (QED) is 0.536. The Morgan fingerprint density at radius 1 is 1.15 bits per heavy atom. The van der Waals surface area contributed by atoms with Gasteiger partial charge >= 0.3 is 11.7 Å². The second kappa shape index (κ2) is 9.35. The van der Waals surface area contributed by atoms with Crippen LogP contribution in [-0.2, 0) is 20.9 Å². The Morgan fingerprint density at radius 3 is 2.67 bits per heavy atom. The molecule has 0 aliphatic carbocycles. The zero-order chi connectivity index (χ0) is 23.7. The first-order valence-electron chi connectivity index (χ1n) is 11.1. The average molecular weight is 470 g/mol. The number of benzene rings is 1. The molecule has 1 fully saturated rings. The minimum atomic E-state index is -0.554. The second-order valence-electron chi connectivity index (χ2n) is 8.34. The largest absolute Gasteiger partial charge is 0.466 e. The molecule has 0 unspecified atom stereocenters. The molecule has 1 amide bonds. The van der Waals surface area contributed by atoms with Gasteiger partial charge in [-0.3, -0.25) is 19.0 Å². The fourth-order valence-corrected chi connectivity index (χ4v) is 5.05. The third kappa shape index (κ3) is 4.37. The summed E-state index contributed by atoms with van der Waals surface area (Å²) in [5.74, 6) is -0.912. The highest BCUT2D eigenvalue weighted by Gasteiger charge is 2.30. The van der Waals surface area contributed by atoms with Crippen LogP contribution in [0.15, 0.2) is 39.2 Å². The molecule has 8 nitrogen and oxygen atoms in total. The van der Waals surface area contributed by atoms with Gasteiger partial charge in [0.05, 0.1) is 23.7 Å². The van der Waals surface area contributed by atoms with E-state index < -0.39 is 11.2 Å². The molecular weight excluding hydrogens is 442 g/mol. The maximum Gasteiger partial charge on any atom is 0.336 e. The number of carbonyl (C=O) groups is 2. The summed E-state index contributed by atoms with van der Waals surface area (Å²) in [5.41, 5.74) is 2.00. The maximum atomic E-state index is 13.5. The van der Waals surface area contributed by atoms with Crippen molar-refractivity contribution in [2.75, 3.05) is 19.7 Å². The van der Waals surface area contributed by atoms with Gasteiger partial charge in [0, 0.05) is 13.1 Å². The molecule has 174 valence electrons. The minimum Gasteiger partial charge on any atom is -0.466 e. The number of amides is 1. The molecule has 1 atom stereocenters. The van der Waals surface area contributed by atoms with E-state index in [4.69, 9.17) is 4.74 Å². The van der Waals surface area contributed by atoms with Gasteiger partial charge in [-0.1, -0.05) is 6.07 Å². The number of nitrogens with zero attached hydrogens (tertiary/aromatic N) is 3. The highest BCUT2D eigenvalue weighted by molar-refractivity contribution is 7.17. The van der Waals surface area contributed by atoms with E-state index in [1.807, 2.05) is 19.9 Å². The van der Waals surface area contributed by atoms with Gasteiger partial charge in [-0.25, -0.2) is 9.36 Å². The van der Waals surface area contributed by atoms with E-state index in [-0.39, 0.29) is 30.9 Å². The van der Waals surface area contributed by atoms with E-state index in [0.717, 1.165) is 15.7 Å². The molecule has 0 N–H and O–H groups in total. The Balaban J connectivity index is 1.71. The fourth-order valence-electron chi connectivity index (χ4n) is 4.22. The molecule has 1 aromatic carbocycles. The normalized spacial score (nSPS) is 16.2. The van der Waals surface area contributed by atoms with Gasteiger partial charge in [-0.05, 0) is 68.3 Å². The van der Waals surface area contributed by atoms with Crippen LogP contribution >= 0.6 is 11.3 Å². The van der Waals surface area contributed by atoms with Gasteiger partial charge in [0.25, 0.3) is 5.56 Å². The van der Waals surface area contributed by atoms with Crippen molar-refractivity contribution in [2.45, 2.75) is 40.2 Å². The van der Waals surface area contributed by atoms with Crippen molar-refractivity contribution >= 4 is 33.4 Å². The Hall–Kier alpha value is -3.20. The molecule has 1 saturated heterocycles. The van der Waals surface area contributed by atoms with Crippen LogP contribution in [0.2, 0.25) is 0 Å². The summed E-state index contributed by atoms with van der Waals surface area (Å²) in [5, 5.41) is 1.74. The van der Waals surface area contributed by atoms with Crippen LogP contribution in [0.25, 0.3) is 15.9 Å². The molecule has 3 heterocycles. The van der Waals surface area contributed by atoms with Crippen LogP contribution in [0.5, 0.6) is 0 Å². The number of hydrogen-bond acceptors (Lipinski definition) is 6. The summed E-state index contributed by atoms with van der Waals surface area (Å²) in [6.07, 6.45) is 1.37. The van der Waals surface area contributed by atoms with Crippen LogP contribution in [0.1, 0.15) is 30.9 Å². The lowest BCUT2D eigenvalue weighted by atomic mass is 9.98. The van der Waals surface area contributed by atoms with Crippen LogP contribution in [0.4, 0.5) is 0 Å². The standard InChI is InChI=1S/C24H27N3O5S/c1-4-32-23(30)17-6-5-10-25(13-17)20(28)14-26-19-9-11-33-21(19)22(29)27(24(26)31)18-8-7-15(2)16(3)12-18/h7-9,11-12,17H,4-6,10,13-14H2,1-3H3/t17-/m0/s1. The molecule has 9 heteroatoms. The SMILES string of the molecule is CCOC(=O)[C@H]1CCCN(C(=O)Cn2c(=O)n(-c3ccc(C)c(C)c3)c(=O)c3sccc32)C1. The summed E-state index contributed by atoms with van der Waals surface area (Å²) < 4.78 is 8.04. The van der Waals surface area contributed by atoms with Gasteiger partial charge in [0.2, 0.25) is 5.91 Å². The Morgan fingerprint density at radius 2 is 1.94 bits per heavy atom. The number of rotatable bonds is 5. The van der Waals surface area contributed by atoms with Crippen molar-refractivity contribution in [3.63, 3.8) is 0 Å². The summed E-state index contributed by atoms with van der Waals surface area (Å²) in [4.78, 5) is 53.5. The summed E-state index contributed by atoms with van der Waals surface area (Å²) in [7, 11) is 0. The zero-order valence-corrected chi connectivity index (χ0v) is 19.8.